The van der Waals surface area contributed by atoms with Gasteiger partial charge in [-0.15, -0.1) is 0 Å². The van der Waals surface area contributed by atoms with Crippen LogP contribution in [0.4, 0.5) is 0 Å². The minimum absolute atomic E-state index is 0.0786. The van der Waals surface area contributed by atoms with Crippen LogP contribution < -0.4 is 0 Å². The zero-order valence-corrected chi connectivity index (χ0v) is 16.4. The Hall–Kier alpha value is -2.39. The van der Waals surface area contributed by atoms with E-state index in [2.05, 4.69) is 4.90 Å². The summed E-state index contributed by atoms with van der Waals surface area (Å²) in [6.45, 7) is 3.31. The highest BCUT2D eigenvalue weighted by Gasteiger charge is 2.51. The molecule has 1 unspecified atom stereocenters. The van der Waals surface area contributed by atoms with Crippen LogP contribution in [0, 0.1) is 5.41 Å². The number of likely N-dealkylation sites (tertiary alicyclic amines) is 2. The fraction of sp³-hybridized carbons (Fsp3) is 0.650. The van der Waals surface area contributed by atoms with Crippen molar-refractivity contribution in [2.45, 2.75) is 44.3 Å². The first-order chi connectivity index (χ1) is 14.0. The molecule has 0 bridgehead atoms. The number of esters is 1. The number of aliphatic hydroxyl groups is 1. The van der Waals surface area contributed by atoms with Crippen LogP contribution in [0.2, 0.25) is 0 Å². The van der Waals surface area contributed by atoms with Crippen LogP contribution in [0.15, 0.2) is 22.8 Å². The molecule has 0 aromatic carbocycles. The Bertz CT molecular complexity index is 690. The highest BCUT2D eigenvalue weighted by atomic mass is 16.6. The van der Waals surface area contributed by atoms with Gasteiger partial charge in [0.25, 0.3) is 12.4 Å². The lowest BCUT2D eigenvalue weighted by atomic mass is 9.76. The van der Waals surface area contributed by atoms with E-state index in [1.54, 1.807) is 17.0 Å². The summed E-state index contributed by atoms with van der Waals surface area (Å²) in [6, 6.07) is 3.37. The van der Waals surface area contributed by atoms with Crippen molar-refractivity contribution in [3.05, 3.63) is 24.2 Å². The molecule has 1 aromatic rings. The van der Waals surface area contributed by atoms with Gasteiger partial charge < -0.3 is 24.3 Å². The van der Waals surface area contributed by atoms with Gasteiger partial charge in [-0.3, -0.25) is 19.3 Å². The van der Waals surface area contributed by atoms with E-state index in [-0.39, 0.29) is 30.6 Å². The molecular weight excluding hydrogens is 380 g/mol. The van der Waals surface area contributed by atoms with Crippen LogP contribution in [0.1, 0.15) is 42.7 Å². The summed E-state index contributed by atoms with van der Waals surface area (Å²) in [5.74, 6) is 0.129. The van der Waals surface area contributed by atoms with Gasteiger partial charge in [-0.1, -0.05) is 0 Å². The zero-order valence-electron chi connectivity index (χ0n) is 16.4. The van der Waals surface area contributed by atoms with Gasteiger partial charge in [-0.2, -0.15) is 0 Å². The fourth-order valence-corrected chi connectivity index (χ4v) is 4.43. The number of carboxylic acid groups (broad SMARTS) is 1. The molecule has 4 rings (SSSR count). The molecule has 1 atom stereocenters. The largest absolute Gasteiger partial charge is 0.483 e. The second-order valence-electron chi connectivity index (χ2n) is 7.92. The van der Waals surface area contributed by atoms with Crippen molar-refractivity contribution >= 4 is 18.3 Å². The average Bonchev–Trinajstić information content (AvgIpc) is 3.34. The van der Waals surface area contributed by atoms with Gasteiger partial charge in [0.05, 0.1) is 17.8 Å². The van der Waals surface area contributed by atoms with Crippen molar-refractivity contribution < 1.29 is 33.8 Å². The van der Waals surface area contributed by atoms with E-state index in [0.717, 1.165) is 38.9 Å². The summed E-state index contributed by atoms with van der Waals surface area (Å²) in [5.41, 5.74) is -0.445. The van der Waals surface area contributed by atoms with Crippen molar-refractivity contribution in [1.29, 1.82) is 0 Å². The van der Waals surface area contributed by atoms with Gasteiger partial charge in [0.15, 0.2) is 5.76 Å². The molecular formula is C20H28N2O7. The van der Waals surface area contributed by atoms with Gasteiger partial charge in [0, 0.05) is 39.1 Å². The molecule has 0 saturated carbocycles. The van der Waals surface area contributed by atoms with E-state index in [1.807, 2.05) is 0 Å². The smallest absolute Gasteiger partial charge is 0.312 e. The SMILES string of the molecule is O=C(c1ccco1)N1CCC2(CC1)CC(CN1CCC(O)CC1)OC2=O.O=CO. The maximum absolute atomic E-state index is 12.6. The van der Waals surface area contributed by atoms with Crippen LogP contribution in [0.25, 0.3) is 0 Å². The molecule has 1 amide bonds. The summed E-state index contributed by atoms with van der Waals surface area (Å²) in [6.07, 6.45) is 4.82. The molecule has 160 valence electrons. The van der Waals surface area contributed by atoms with E-state index >= 15 is 0 Å². The normalized spacial score (nSPS) is 24.7. The van der Waals surface area contributed by atoms with E-state index in [4.69, 9.17) is 19.1 Å². The lowest BCUT2D eigenvalue weighted by molar-refractivity contribution is -0.151. The first-order valence-corrected chi connectivity index (χ1v) is 9.99. The number of hydrogen-bond acceptors (Lipinski definition) is 7. The van der Waals surface area contributed by atoms with Gasteiger partial charge in [-0.25, -0.2) is 0 Å². The first-order valence-electron chi connectivity index (χ1n) is 9.99. The number of rotatable bonds is 3. The molecule has 0 aliphatic carbocycles. The third-order valence-electron chi connectivity index (χ3n) is 6.08. The molecule has 3 aliphatic rings. The molecule has 9 nitrogen and oxygen atoms in total. The number of carbonyl (C=O) groups is 3. The molecule has 3 aliphatic heterocycles. The highest BCUT2D eigenvalue weighted by molar-refractivity contribution is 5.91. The van der Waals surface area contributed by atoms with Crippen LogP contribution in [-0.4, -0.2) is 83.3 Å². The van der Waals surface area contributed by atoms with Crippen molar-refractivity contribution in [3.63, 3.8) is 0 Å². The monoisotopic (exact) mass is 408 g/mol. The van der Waals surface area contributed by atoms with Crippen molar-refractivity contribution in [2.75, 3.05) is 32.7 Å². The Kier molecular flexibility index (Phi) is 6.92. The van der Waals surface area contributed by atoms with E-state index in [9.17, 15) is 14.7 Å². The minimum Gasteiger partial charge on any atom is -0.483 e. The highest BCUT2D eigenvalue weighted by Crippen LogP contribution is 2.43. The summed E-state index contributed by atoms with van der Waals surface area (Å²) in [4.78, 5) is 37.3. The second kappa shape index (κ2) is 9.41. The average molecular weight is 408 g/mol. The topological polar surface area (TPSA) is 121 Å². The number of nitrogens with zero attached hydrogens (tertiary/aromatic N) is 2. The third-order valence-corrected chi connectivity index (χ3v) is 6.08. The van der Waals surface area contributed by atoms with E-state index in [1.165, 1.54) is 6.26 Å². The summed E-state index contributed by atoms with van der Waals surface area (Å²) >= 11 is 0. The molecule has 3 saturated heterocycles. The number of piperidine rings is 2. The van der Waals surface area contributed by atoms with E-state index < -0.39 is 5.41 Å². The molecule has 3 fully saturated rings. The standard InChI is InChI=1S/C19H26N2O5.CH2O2/c22-14-3-7-20(8-4-14)13-15-12-19(18(24)26-15)5-9-21(10-6-19)17(23)16-2-1-11-25-16;2-1-3/h1-2,11,14-15,22H,3-10,12-13H2;1H,(H,2,3). The molecule has 29 heavy (non-hydrogen) atoms. The number of furan rings is 1. The quantitative estimate of drug-likeness (QED) is 0.561. The third kappa shape index (κ3) is 4.97. The lowest BCUT2D eigenvalue weighted by Gasteiger charge is -2.36. The number of amides is 1. The number of ether oxygens (including phenoxy) is 1. The summed E-state index contributed by atoms with van der Waals surface area (Å²) in [5, 5.41) is 16.5. The maximum atomic E-state index is 12.6. The van der Waals surface area contributed by atoms with Crippen molar-refractivity contribution in [2.24, 2.45) is 5.41 Å². The number of cyclic esters (lactones) is 1. The first kappa shape index (κ1) is 21.3. The Balaban J connectivity index is 0.000000755. The maximum Gasteiger partial charge on any atom is 0.312 e. The molecule has 9 heteroatoms. The van der Waals surface area contributed by atoms with Crippen LogP contribution in [0.5, 0.6) is 0 Å². The van der Waals surface area contributed by atoms with Gasteiger partial charge in [-0.05, 0) is 37.8 Å². The Morgan fingerprint density at radius 3 is 2.48 bits per heavy atom. The van der Waals surface area contributed by atoms with Gasteiger partial charge in [0.1, 0.15) is 6.10 Å². The van der Waals surface area contributed by atoms with Crippen LogP contribution in [-0.2, 0) is 14.3 Å². The molecule has 1 spiro atoms. The Morgan fingerprint density at radius 1 is 1.24 bits per heavy atom. The van der Waals surface area contributed by atoms with Gasteiger partial charge >= 0.3 is 5.97 Å². The number of hydrogen-bond donors (Lipinski definition) is 2. The molecule has 1 aromatic heterocycles. The van der Waals surface area contributed by atoms with Crippen LogP contribution >= 0.6 is 0 Å². The van der Waals surface area contributed by atoms with Crippen molar-refractivity contribution in [3.8, 4) is 0 Å². The predicted molar refractivity (Wildman–Crippen MR) is 101 cm³/mol. The molecule has 4 heterocycles. The molecule has 0 radical (unpaired) electrons. The fourth-order valence-electron chi connectivity index (χ4n) is 4.43. The zero-order chi connectivity index (χ0) is 20.9. The second-order valence-corrected chi connectivity index (χ2v) is 7.92. The number of carbonyl (C=O) groups excluding carboxylic acids is 2. The minimum atomic E-state index is -0.445. The van der Waals surface area contributed by atoms with Gasteiger partial charge in [0.2, 0.25) is 0 Å². The summed E-state index contributed by atoms with van der Waals surface area (Å²) < 4.78 is 10.9. The Morgan fingerprint density at radius 2 is 1.90 bits per heavy atom. The Labute approximate surface area is 169 Å². The summed E-state index contributed by atoms with van der Waals surface area (Å²) in [7, 11) is 0. The number of aliphatic hydroxyl groups excluding tert-OH is 1. The van der Waals surface area contributed by atoms with E-state index in [0.29, 0.717) is 31.7 Å². The molecule has 2 N–H and O–H groups in total. The van der Waals surface area contributed by atoms with Crippen molar-refractivity contribution in [1.82, 2.24) is 9.80 Å². The van der Waals surface area contributed by atoms with Crippen LogP contribution in [0.3, 0.4) is 0 Å². The predicted octanol–water partition coefficient (Wildman–Crippen LogP) is 0.975. The lowest BCUT2D eigenvalue weighted by Crippen LogP contribution is -2.45.